The average Bonchev–Trinajstić information content (AvgIpc) is 3.38. The summed E-state index contributed by atoms with van der Waals surface area (Å²) in [7, 11) is 11.8. The van der Waals surface area contributed by atoms with Crippen molar-refractivity contribution in [2.45, 2.75) is 52.4 Å². The van der Waals surface area contributed by atoms with Gasteiger partial charge in [0.2, 0.25) is 0 Å². The van der Waals surface area contributed by atoms with Crippen LogP contribution in [0.25, 0.3) is 0 Å². The maximum absolute atomic E-state index is 6.08. The second-order valence-electron chi connectivity index (χ2n) is 9.30. The van der Waals surface area contributed by atoms with E-state index >= 15 is 0 Å². The molecule has 1 aliphatic heterocycles. The molecule has 1 saturated heterocycles. The monoisotopic (exact) mass is 614 g/mol. The van der Waals surface area contributed by atoms with E-state index in [2.05, 4.69) is 50.8 Å². The van der Waals surface area contributed by atoms with E-state index in [-0.39, 0.29) is 0 Å². The third kappa shape index (κ3) is 9.00. The van der Waals surface area contributed by atoms with Crippen molar-refractivity contribution in [3.63, 3.8) is 0 Å². The molecular weight excluding hydrogens is 578 g/mol. The Morgan fingerprint density at radius 1 is 0.806 bits per heavy atom. The molecule has 1 fully saturated rings. The van der Waals surface area contributed by atoms with Crippen LogP contribution in [0.5, 0.6) is 17.2 Å². The van der Waals surface area contributed by atoms with Gasteiger partial charge in [-0.2, -0.15) is 0 Å². The topological polar surface area (TPSA) is 21.7 Å². The summed E-state index contributed by atoms with van der Waals surface area (Å²) < 4.78 is 13.7. The molecule has 0 aromatic heterocycles. The molecule has 0 radical (unpaired) electrons. The summed E-state index contributed by atoms with van der Waals surface area (Å²) >= 11 is -1.83. The van der Waals surface area contributed by atoms with Gasteiger partial charge in [0.15, 0.2) is 0 Å². The predicted octanol–water partition coefficient (Wildman–Crippen LogP) is 9.08. The number of ether oxygens (including phenoxy) is 2. The van der Waals surface area contributed by atoms with Crippen LogP contribution in [0.1, 0.15) is 69.1 Å². The summed E-state index contributed by atoms with van der Waals surface area (Å²) in [6.07, 6.45) is 2.56. The van der Waals surface area contributed by atoms with Crippen molar-refractivity contribution in [1.82, 2.24) is 4.90 Å². The number of para-hydroxylation sites is 3. The van der Waals surface area contributed by atoms with E-state index in [1.165, 1.54) is 24.0 Å². The SMILES string of the molecule is CC(C)c1cccc(C(C)C)c1O[CH-]N1CCCC1.[Cl][Ru]([Cl])=[CH]c1ccccc1Oc1ccccc1. The van der Waals surface area contributed by atoms with Gasteiger partial charge in [0.1, 0.15) is 0 Å². The van der Waals surface area contributed by atoms with Crippen molar-refractivity contribution in [1.29, 1.82) is 0 Å². The molecular formula is C30H36Cl2NO2Ru-. The summed E-state index contributed by atoms with van der Waals surface area (Å²) in [5.74, 6) is 3.62. The second-order valence-corrected chi connectivity index (χ2v) is 15.0. The van der Waals surface area contributed by atoms with Gasteiger partial charge in [0.25, 0.3) is 0 Å². The number of rotatable bonds is 8. The number of halogens is 2. The van der Waals surface area contributed by atoms with Crippen molar-refractivity contribution in [3.05, 3.63) is 96.2 Å². The van der Waals surface area contributed by atoms with E-state index < -0.39 is 13.5 Å². The molecule has 0 saturated carbocycles. The van der Waals surface area contributed by atoms with Crippen molar-refractivity contribution in [2.24, 2.45) is 0 Å². The quantitative estimate of drug-likeness (QED) is 0.187. The molecule has 0 unspecified atom stereocenters. The molecule has 3 aromatic rings. The number of hydrogen-bond acceptors (Lipinski definition) is 3. The third-order valence-corrected chi connectivity index (χ3v) is 7.69. The molecule has 1 aliphatic rings. The third-order valence-electron chi connectivity index (χ3n) is 5.86. The molecule has 1 heterocycles. The Balaban J connectivity index is 0.000000202. The first-order valence-corrected chi connectivity index (χ1v) is 17.8. The summed E-state index contributed by atoms with van der Waals surface area (Å²) in [5, 5.41) is 0. The van der Waals surface area contributed by atoms with E-state index in [4.69, 9.17) is 28.9 Å². The molecule has 36 heavy (non-hydrogen) atoms. The molecule has 0 amide bonds. The molecule has 4 rings (SSSR count). The van der Waals surface area contributed by atoms with Gasteiger partial charge in [-0.25, -0.2) is 0 Å². The number of likely N-dealkylation sites (tertiary alicyclic amines) is 1. The molecule has 0 atom stereocenters. The van der Waals surface area contributed by atoms with Crippen LogP contribution < -0.4 is 9.47 Å². The molecule has 196 valence electrons. The minimum atomic E-state index is -1.83. The van der Waals surface area contributed by atoms with Crippen LogP contribution in [-0.2, 0) is 13.5 Å². The minimum absolute atomic E-state index is 0.487. The van der Waals surface area contributed by atoms with Crippen molar-refractivity contribution < 1.29 is 23.0 Å². The van der Waals surface area contributed by atoms with Gasteiger partial charge in [0.05, 0.1) is 5.75 Å². The fourth-order valence-corrected chi connectivity index (χ4v) is 5.76. The molecule has 3 nitrogen and oxygen atoms in total. The van der Waals surface area contributed by atoms with Crippen LogP contribution in [0.3, 0.4) is 0 Å². The van der Waals surface area contributed by atoms with Gasteiger partial charge >= 0.3 is 114 Å². The van der Waals surface area contributed by atoms with Gasteiger partial charge in [-0.15, -0.1) is 0 Å². The second kappa shape index (κ2) is 14.9. The van der Waals surface area contributed by atoms with Crippen LogP contribution in [0.15, 0.2) is 72.8 Å². The summed E-state index contributed by atoms with van der Waals surface area (Å²) in [4.78, 5) is 2.28. The summed E-state index contributed by atoms with van der Waals surface area (Å²) in [5.41, 5.74) is 3.56. The van der Waals surface area contributed by atoms with E-state index in [1.807, 2.05) is 65.9 Å². The maximum atomic E-state index is 6.08. The zero-order valence-electron chi connectivity index (χ0n) is 21.4. The fraction of sp³-hybridized carbons (Fsp3) is 0.333. The van der Waals surface area contributed by atoms with Crippen molar-refractivity contribution in [3.8, 4) is 17.2 Å². The number of benzene rings is 3. The molecule has 3 aromatic carbocycles. The van der Waals surface area contributed by atoms with E-state index in [0.29, 0.717) is 11.8 Å². The first kappa shape index (κ1) is 28.9. The number of nitrogens with zero attached hydrogens (tertiary/aromatic N) is 1. The Labute approximate surface area is 229 Å². The van der Waals surface area contributed by atoms with Gasteiger partial charge in [-0.1, -0.05) is 52.6 Å². The van der Waals surface area contributed by atoms with Crippen LogP contribution in [0, 0.1) is 6.73 Å². The van der Waals surface area contributed by atoms with Crippen LogP contribution in [-0.4, -0.2) is 22.6 Å². The van der Waals surface area contributed by atoms with Gasteiger partial charge < -0.3 is 9.64 Å². The zero-order chi connectivity index (χ0) is 25.9. The molecule has 0 aliphatic carbocycles. The Morgan fingerprint density at radius 3 is 1.97 bits per heavy atom. The molecule has 0 spiro atoms. The number of hydrogen-bond donors (Lipinski definition) is 0. The standard InChI is InChI=1S/C17H26NO.C13H10O.2ClH.Ru/c1-13(2)15-8-7-9-16(14(3)4)17(15)19-12-18-10-5-6-11-18;1-11-7-5-6-10-13(11)14-12-8-3-2-4-9-12;;;/h7-9,12-14H,5-6,10-11H2,1-4H3;1-10H;2*1H;/q-1;;;;+2/p-2. The fourth-order valence-electron chi connectivity index (χ4n) is 3.95. The molecule has 0 bridgehead atoms. The van der Waals surface area contributed by atoms with Crippen molar-refractivity contribution in [2.75, 3.05) is 13.1 Å². The van der Waals surface area contributed by atoms with Gasteiger partial charge in [-0.05, 0) is 48.9 Å². The summed E-state index contributed by atoms with van der Waals surface area (Å²) in [6.45, 7) is 13.1. The normalized spacial score (nSPS) is 13.8. The van der Waals surface area contributed by atoms with E-state index in [0.717, 1.165) is 35.9 Å². The molecule has 0 N–H and O–H groups in total. The van der Waals surface area contributed by atoms with E-state index in [1.54, 1.807) is 0 Å². The Hall–Kier alpha value is -1.71. The Bertz CT molecular complexity index is 1080. The summed E-state index contributed by atoms with van der Waals surface area (Å²) in [6, 6.07) is 23.9. The predicted molar refractivity (Wildman–Crippen MR) is 150 cm³/mol. The van der Waals surface area contributed by atoms with Gasteiger partial charge in [-0.3, -0.25) is 0 Å². The molecule has 6 heteroatoms. The zero-order valence-corrected chi connectivity index (χ0v) is 24.7. The first-order chi connectivity index (χ1) is 17.3. The van der Waals surface area contributed by atoms with E-state index in [9.17, 15) is 0 Å². The average molecular weight is 615 g/mol. The Kier molecular flexibility index (Phi) is 11.9. The van der Waals surface area contributed by atoms with Crippen molar-refractivity contribution >= 4 is 24.0 Å². The Morgan fingerprint density at radius 2 is 1.39 bits per heavy atom. The van der Waals surface area contributed by atoms with Gasteiger partial charge in [0, 0.05) is 0 Å². The van der Waals surface area contributed by atoms with Crippen LogP contribution >= 0.6 is 19.4 Å². The van der Waals surface area contributed by atoms with Crippen LogP contribution in [0.4, 0.5) is 0 Å². The first-order valence-electron chi connectivity index (χ1n) is 12.4. The van der Waals surface area contributed by atoms with Crippen LogP contribution in [0.2, 0.25) is 0 Å².